The molecular formula is C9H14N4. The molecule has 70 valence electrons. The minimum atomic E-state index is 0.462. The minimum absolute atomic E-state index is 0.462. The van der Waals surface area contributed by atoms with E-state index in [2.05, 4.69) is 18.9 Å². The van der Waals surface area contributed by atoms with Crippen LogP contribution in [-0.2, 0) is 6.54 Å². The average Bonchev–Trinajstić information content (AvgIpc) is 2.43. The standard InChI is InChI=1S/C9H14N4/c1-7(2)3-4-13-9(11)8(5-10)6-12-13/h6-7H,3-4,11H2,1-2H3. The molecule has 0 saturated carbocycles. The summed E-state index contributed by atoms with van der Waals surface area (Å²) in [6.07, 6.45) is 2.53. The lowest BCUT2D eigenvalue weighted by atomic mass is 10.1. The third-order valence-corrected chi connectivity index (χ3v) is 1.92. The van der Waals surface area contributed by atoms with Crippen LogP contribution in [0, 0.1) is 17.2 Å². The molecule has 1 rings (SSSR count). The molecule has 0 aliphatic heterocycles. The molecule has 1 aromatic rings. The van der Waals surface area contributed by atoms with Crippen molar-refractivity contribution in [2.75, 3.05) is 5.73 Å². The lowest BCUT2D eigenvalue weighted by molar-refractivity contribution is 0.491. The average molecular weight is 178 g/mol. The van der Waals surface area contributed by atoms with E-state index in [9.17, 15) is 0 Å². The number of aryl methyl sites for hydroxylation is 1. The molecule has 0 unspecified atom stereocenters. The van der Waals surface area contributed by atoms with Crippen LogP contribution in [0.25, 0.3) is 0 Å². The Labute approximate surface area is 78.0 Å². The molecule has 1 heterocycles. The molecule has 0 aliphatic carbocycles. The van der Waals surface area contributed by atoms with Gasteiger partial charge in [-0.05, 0) is 12.3 Å². The van der Waals surface area contributed by atoms with E-state index in [-0.39, 0.29) is 0 Å². The Bertz CT molecular complexity index is 319. The van der Waals surface area contributed by atoms with Crippen LogP contribution >= 0.6 is 0 Å². The second-order valence-corrected chi connectivity index (χ2v) is 3.46. The highest BCUT2D eigenvalue weighted by atomic mass is 15.3. The van der Waals surface area contributed by atoms with Crippen molar-refractivity contribution < 1.29 is 0 Å². The second kappa shape index (κ2) is 3.94. The molecule has 0 spiro atoms. The maximum Gasteiger partial charge on any atom is 0.139 e. The SMILES string of the molecule is CC(C)CCn1ncc(C#N)c1N. The van der Waals surface area contributed by atoms with E-state index in [0.717, 1.165) is 13.0 Å². The fraction of sp³-hybridized carbons (Fsp3) is 0.556. The minimum Gasteiger partial charge on any atom is -0.383 e. The number of hydrogen-bond donors (Lipinski definition) is 1. The monoisotopic (exact) mass is 178 g/mol. The van der Waals surface area contributed by atoms with E-state index >= 15 is 0 Å². The molecule has 2 N–H and O–H groups in total. The van der Waals surface area contributed by atoms with Crippen molar-refractivity contribution >= 4 is 5.82 Å². The summed E-state index contributed by atoms with van der Waals surface area (Å²) in [6.45, 7) is 5.07. The molecule has 13 heavy (non-hydrogen) atoms. The molecule has 0 bridgehead atoms. The van der Waals surface area contributed by atoms with Gasteiger partial charge >= 0.3 is 0 Å². The van der Waals surface area contributed by atoms with Gasteiger partial charge in [0, 0.05) is 6.54 Å². The Morgan fingerprint density at radius 3 is 2.85 bits per heavy atom. The third kappa shape index (κ3) is 2.22. The zero-order chi connectivity index (χ0) is 9.84. The Balaban J connectivity index is 2.69. The topological polar surface area (TPSA) is 67.6 Å². The zero-order valence-electron chi connectivity index (χ0n) is 7.99. The van der Waals surface area contributed by atoms with Crippen molar-refractivity contribution in [3.63, 3.8) is 0 Å². The van der Waals surface area contributed by atoms with E-state index < -0.39 is 0 Å². The molecule has 0 aromatic carbocycles. The largest absolute Gasteiger partial charge is 0.383 e. The number of rotatable bonds is 3. The predicted octanol–water partition coefficient (Wildman–Crippen LogP) is 1.38. The summed E-state index contributed by atoms with van der Waals surface area (Å²) in [5.41, 5.74) is 6.14. The lowest BCUT2D eigenvalue weighted by Crippen LogP contribution is -2.07. The summed E-state index contributed by atoms with van der Waals surface area (Å²) in [6, 6.07) is 1.99. The smallest absolute Gasteiger partial charge is 0.139 e. The van der Waals surface area contributed by atoms with Gasteiger partial charge in [0.2, 0.25) is 0 Å². The number of nitrogens with two attached hydrogens (primary N) is 1. The fourth-order valence-corrected chi connectivity index (χ4v) is 1.04. The van der Waals surface area contributed by atoms with Crippen LogP contribution in [0.5, 0.6) is 0 Å². The number of nitrogen functional groups attached to an aromatic ring is 1. The maximum absolute atomic E-state index is 8.63. The van der Waals surface area contributed by atoms with Crippen molar-refractivity contribution in [3.8, 4) is 6.07 Å². The molecule has 0 radical (unpaired) electrons. The number of aromatic nitrogens is 2. The van der Waals surface area contributed by atoms with Crippen molar-refractivity contribution in [1.29, 1.82) is 5.26 Å². The van der Waals surface area contributed by atoms with Crippen LogP contribution in [0.3, 0.4) is 0 Å². The van der Waals surface area contributed by atoms with Crippen LogP contribution in [0.1, 0.15) is 25.8 Å². The summed E-state index contributed by atoms with van der Waals surface area (Å²) in [5, 5.41) is 12.7. The first-order chi connectivity index (χ1) is 6.15. The molecule has 0 aliphatic rings. The lowest BCUT2D eigenvalue weighted by Gasteiger charge is -2.05. The Kier molecular flexibility index (Phi) is 2.91. The molecule has 0 atom stereocenters. The number of hydrogen-bond acceptors (Lipinski definition) is 3. The summed E-state index contributed by atoms with van der Waals surface area (Å²) in [4.78, 5) is 0. The molecular weight excluding hydrogens is 164 g/mol. The summed E-state index contributed by atoms with van der Waals surface area (Å²) in [7, 11) is 0. The Morgan fingerprint density at radius 2 is 2.38 bits per heavy atom. The Morgan fingerprint density at radius 1 is 1.69 bits per heavy atom. The first kappa shape index (κ1) is 9.59. The van der Waals surface area contributed by atoms with Crippen LogP contribution in [0.4, 0.5) is 5.82 Å². The van der Waals surface area contributed by atoms with Crippen LogP contribution < -0.4 is 5.73 Å². The number of nitriles is 1. The van der Waals surface area contributed by atoms with E-state index in [0.29, 0.717) is 17.3 Å². The molecule has 1 aromatic heterocycles. The fourth-order valence-electron chi connectivity index (χ4n) is 1.04. The highest BCUT2D eigenvalue weighted by Gasteiger charge is 2.06. The first-order valence-electron chi connectivity index (χ1n) is 4.36. The summed E-state index contributed by atoms with van der Waals surface area (Å²) < 4.78 is 1.68. The van der Waals surface area contributed by atoms with Gasteiger partial charge in [-0.1, -0.05) is 13.8 Å². The normalized spacial score (nSPS) is 10.3. The van der Waals surface area contributed by atoms with Crippen LogP contribution in [0.2, 0.25) is 0 Å². The highest BCUT2D eigenvalue weighted by Crippen LogP contribution is 2.11. The second-order valence-electron chi connectivity index (χ2n) is 3.46. The van der Waals surface area contributed by atoms with E-state index in [1.165, 1.54) is 6.20 Å². The van der Waals surface area contributed by atoms with Crippen LogP contribution in [-0.4, -0.2) is 9.78 Å². The number of nitrogens with zero attached hydrogens (tertiary/aromatic N) is 3. The van der Waals surface area contributed by atoms with Gasteiger partial charge in [0.1, 0.15) is 17.5 Å². The third-order valence-electron chi connectivity index (χ3n) is 1.92. The quantitative estimate of drug-likeness (QED) is 0.760. The van der Waals surface area contributed by atoms with Gasteiger partial charge in [0.25, 0.3) is 0 Å². The van der Waals surface area contributed by atoms with Gasteiger partial charge in [-0.2, -0.15) is 10.4 Å². The van der Waals surface area contributed by atoms with Crippen molar-refractivity contribution in [3.05, 3.63) is 11.8 Å². The van der Waals surface area contributed by atoms with E-state index in [4.69, 9.17) is 11.0 Å². The molecule has 4 heteroatoms. The predicted molar refractivity (Wildman–Crippen MR) is 50.8 cm³/mol. The van der Waals surface area contributed by atoms with Gasteiger partial charge in [-0.25, -0.2) is 4.68 Å². The van der Waals surface area contributed by atoms with Crippen molar-refractivity contribution in [2.45, 2.75) is 26.8 Å². The van der Waals surface area contributed by atoms with E-state index in [1.807, 2.05) is 6.07 Å². The van der Waals surface area contributed by atoms with Gasteiger partial charge in [0.05, 0.1) is 6.20 Å². The molecule has 0 amide bonds. The van der Waals surface area contributed by atoms with Crippen molar-refractivity contribution in [1.82, 2.24) is 9.78 Å². The molecule has 0 saturated heterocycles. The highest BCUT2D eigenvalue weighted by molar-refractivity contribution is 5.47. The zero-order valence-corrected chi connectivity index (χ0v) is 7.99. The molecule has 0 fully saturated rings. The van der Waals surface area contributed by atoms with Gasteiger partial charge < -0.3 is 5.73 Å². The van der Waals surface area contributed by atoms with Gasteiger partial charge in [-0.3, -0.25) is 0 Å². The van der Waals surface area contributed by atoms with Crippen molar-refractivity contribution in [2.24, 2.45) is 5.92 Å². The van der Waals surface area contributed by atoms with Gasteiger partial charge in [0.15, 0.2) is 0 Å². The first-order valence-corrected chi connectivity index (χ1v) is 4.36. The molecule has 4 nitrogen and oxygen atoms in total. The van der Waals surface area contributed by atoms with E-state index in [1.54, 1.807) is 4.68 Å². The summed E-state index contributed by atoms with van der Waals surface area (Å²) >= 11 is 0. The Hall–Kier alpha value is -1.50. The number of anilines is 1. The maximum atomic E-state index is 8.63. The summed E-state index contributed by atoms with van der Waals surface area (Å²) in [5.74, 6) is 1.09. The van der Waals surface area contributed by atoms with Crippen LogP contribution in [0.15, 0.2) is 6.20 Å². The van der Waals surface area contributed by atoms with Gasteiger partial charge in [-0.15, -0.1) is 0 Å².